The molecule has 15 nitrogen and oxygen atoms in total. The van der Waals surface area contributed by atoms with Gasteiger partial charge in [0.1, 0.15) is 76.9 Å². The van der Waals surface area contributed by atoms with E-state index in [4.69, 9.17) is 28.7 Å². The Balaban J connectivity index is 0.993. The lowest BCUT2D eigenvalue weighted by Crippen LogP contribution is -2.44. The van der Waals surface area contributed by atoms with Crippen LogP contribution in [0.4, 0.5) is 5.69 Å². The predicted molar refractivity (Wildman–Crippen MR) is 241 cm³/mol. The zero-order valence-corrected chi connectivity index (χ0v) is 35.7. The molecule has 1 fully saturated rings. The van der Waals surface area contributed by atoms with Gasteiger partial charge in [-0.2, -0.15) is 0 Å². The molecule has 7 N–H and O–H groups in total. The molecule has 63 heavy (non-hydrogen) atoms. The second kappa shape index (κ2) is 16.6. The molecule has 4 atom stereocenters. The van der Waals surface area contributed by atoms with Crippen molar-refractivity contribution in [1.29, 1.82) is 10.8 Å². The van der Waals surface area contributed by atoms with Gasteiger partial charge in [0.25, 0.3) is 0 Å². The zero-order valence-electron chi connectivity index (χ0n) is 35.7. The minimum atomic E-state index is -0.708. The molecule has 15 heteroatoms. The summed E-state index contributed by atoms with van der Waals surface area (Å²) in [5.74, 6) is 2.78. The third-order valence-electron chi connectivity index (χ3n) is 12.1. The summed E-state index contributed by atoms with van der Waals surface area (Å²) in [4.78, 5) is 11.8. The lowest BCUT2D eigenvalue weighted by atomic mass is 9.91. The number of benzene rings is 4. The lowest BCUT2D eigenvalue weighted by molar-refractivity contribution is 0.161. The minimum absolute atomic E-state index is 0.0200. The molecule has 4 aromatic carbocycles. The van der Waals surface area contributed by atoms with E-state index in [1.807, 2.05) is 77.7 Å². The number of aromatic nitrogens is 2. The fourth-order valence-corrected chi connectivity index (χ4v) is 8.91. The van der Waals surface area contributed by atoms with Crippen LogP contribution < -0.4 is 34.5 Å². The highest BCUT2D eigenvalue weighted by Crippen LogP contribution is 2.46. The van der Waals surface area contributed by atoms with E-state index in [9.17, 15) is 21.0 Å². The number of nitrogens with zero attached hydrogens (tertiary/aromatic N) is 3. The number of fused-ring (bicyclic) bond motifs is 2. The number of aromatic amines is 1. The highest BCUT2D eigenvalue weighted by atomic mass is 16.5. The maximum absolute atomic E-state index is 12.0. The maximum Gasteiger partial charge on any atom is 0.145 e. The van der Waals surface area contributed by atoms with Gasteiger partial charge in [-0.1, -0.05) is 48.6 Å². The van der Waals surface area contributed by atoms with Gasteiger partial charge in [-0.15, -0.1) is 0 Å². The van der Waals surface area contributed by atoms with E-state index < -0.39 is 18.2 Å². The Kier molecular flexibility index (Phi) is 10.8. The molecule has 1 saturated heterocycles. The lowest BCUT2D eigenvalue weighted by Gasteiger charge is -2.28. The van der Waals surface area contributed by atoms with Crippen molar-refractivity contribution in [2.45, 2.75) is 43.7 Å². The summed E-state index contributed by atoms with van der Waals surface area (Å²) < 4.78 is 28.7. The van der Waals surface area contributed by atoms with Crippen LogP contribution in [0.2, 0.25) is 0 Å². The van der Waals surface area contributed by atoms with E-state index in [0.29, 0.717) is 69.8 Å². The van der Waals surface area contributed by atoms with Crippen LogP contribution in [0.5, 0.6) is 23.0 Å². The molecule has 1 aliphatic carbocycles. The molecule has 0 spiro atoms. The van der Waals surface area contributed by atoms with Gasteiger partial charge in [-0.05, 0) is 60.4 Å². The third-order valence-corrected chi connectivity index (χ3v) is 12.1. The smallest absolute Gasteiger partial charge is 0.145 e. The summed E-state index contributed by atoms with van der Waals surface area (Å²) in [6.07, 6.45) is 6.47. The number of allylic oxidation sites excluding steroid dienone is 2. The van der Waals surface area contributed by atoms with E-state index >= 15 is 0 Å². The van der Waals surface area contributed by atoms with E-state index in [-0.39, 0.29) is 40.9 Å². The molecule has 4 unspecified atom stereocenters. The van der Waals surface area contributed by atoms with Crippen LogP contribution in [0.3, 0.4) is 0 Å². The number of aliphatic hydroxyl groups excluding tert-OH is 2. The molecule has 324 valence electrons. The van der Waals surface area contributed by atoms with Gasteiger partial charge in [-0.3, -0.25) is 16.1 Å². The number of aliphatic hydroxyl groups is 2. The molecular weight excluding hydrogens is 801 g/mol. The van der Waals surface area contributed by atoms with Crippen molar-refractivity contribution in [3.8, 4) is 23.0 Å². The number of amidine groups is 2. The van der Waals surface area contributed by atoms with Crippen molar-refractivity contribution in [3.63, 3.8) is 0 Å². The Morgan fingerprint density at radius 2 is 1.52 bits per heavy atom. The van der Waals surface area contributed by atoms with E-state index in [1.54, 1.807) is 57.6 Å². The topological polar surface area (TPSA) is 194 Å². The van der Waals surface area contributed by atoms with Crippen LogP contribution in [-0.2, 0) is 11.3 Å². The molecule has 5 aromatic rings. The quantitative estimate of drug-likeness (QED) is 0.0580. The number of hydrogen-bond donors (Lipinski definition) is 7. The molecule has 0 bridgehead atoms. The van der Waals surface area contributed by atoms with Crippen molar-refractivity contribution in [1.82, 2.24) is 25.5 Å². The van der Waals surface area contributed by atoms with E-state index in [0.717, 1.165) is 23.2 Å². The first-order valence-electron chi connectivity index (χ1n) is 20.6. The van der Waals surface area contributed by atoms with Gasteiger partial charge >= 0.3 is 0 Å². The van der Waals surface area contributed by atoms with Gasteiger partial charge < -0.3 is 54.0 Å². The maximum atomic E-state index is 12.0. The summed E-state index contributed by atoms with van der Waals surface area (Å²) in [6, 6.07) is 24.7. The Morgan fingerprint density at radius 1 is 0.810 bits per heavy atom. The average Bonchev–Trinajstić information content (AvgIpc) is 4.01. The summed E-state index contributed by atoms with van der Waals surface area (Å²) in [5, 5.41) is 49.8. The third kappa shape index (κ3) is 7.38. The number of ether oxygens (including phenoxy) is 5. The van der Waals surface area contributed by atoms with Crippen LogP contribution in [-0.4, -0.2) is 90.0 Å². The van der Waals surface area contributed by atoms with Crippen LogP contribution in [0.15, 0.2) is 126 Å². The predicted octanol–water partition coefficient (Wildman–Crippen LogP) is 7.59. The van der Waals surface area contributed by atoms with E-state index in [2.05, 4.69) is 28.6 Å². The zero-order chi connectivity index (χ0) is 44.0. The van der Waals surface area contributed by atoms with Crippen LogP contribution in [0.25, 0.3) is 16.6 Å². The van der Waals surface area contributed by atoms with Crippen molar-refractivity contribution < 1.29 is 33.9 Å². The highest BCUT2D eigenvalue weighted by molar-refractivity contribution is 6.31. The molecule has 0 radical (unpaired) electrons. The van der Waals surface area contributed by atoms with Crippen molar-refractivity contribution in [2.75, 3.05) is 46.5 Å². The molecule has 4 aliphatic rings. The monoisotopic (exact) mass is 850 g/mol. The van der Waals surface area contributed by atoms with Gasteiger partial charge in [0, 0.05) is 43.6 Å². The molecular formula is C48H50N8O7. The largest absolute Gasteiger partial charge is 0.509 e. The van der Waals surface area contributed by atoms with Crippen LogP contribution >= 0.6 is 0 Å². The summed E-state index contributed by atoms with van der Waals surface area (Å²) in [5.41, 5.74) is 5.68. The number of H-pyrrole nitrogens is 1. The first-order valence-corrected chi connectivity index (χ1v) is 20.6. The fourth-order valence-electron chi connectivity index (χ4n) is 8.91. The average molecular weight is 851 g/mol. The normalized spacial score (nSPS) is 21.9. The van der Waals surface area contributed by atoms with Crippen molar-refractivity contribution in [2.24, 2.45) is 0 Å². The highest BCUT2D eigenvalue weighted by Gasteiger charge is 2.47. The van der Waals surface area contributed by atoms with Gasteiger partial charge in [0.15, 0.2) is 0 Å². The second-order valence-corrected chi connectivity index (χ2v) is 16.0. The number of rotatable bonds is 14. The van der Waals surface area contributed by atoms with Gasteiger partial charge in [-0.25, -0.2) is 4.98 Å². The molecule has 9 rings (SSSR count). The Labute approximate surface area is 364 Å². The number of anilines is 1. The molecule has 3 aliphatic heterocycles. The van der Waals surface area contributed by atoms with Crippen LogP contribution in [0, 0.1) is 10.8 Å². The first-order chi connectivity index (χ1) is 30.5. The number of imidazole rings is 1. The molecule has 0 amide bonds. The summed E-state index contributed by atoms with van der Waals surface area (Å²) >= 11 is 0. The van der Waals surface area contributed by atoms with Gasteiger partial charge in [0.05, 0.1) is 61.3 Å². The Morgan fingerprint density at radius 3 is 2.24 bits per heavy atom. The number of hydrogen-bond acceptors (Lipinski definition) is 12. The van der Waals surface area contributed by atoms with Crippen molar-refractivity contribution in [3.05, 3.63) is 148 Å². The van der Waals surface area contributed by atoms with E-state index in [1.165, 1.54) is 0 Å². The second-order valence-electron chi connectivity index (χ2n) is 16.0. The minimum Gasteiger partial charge on any atom is -0.509 e. The van der Waals surface area contributed by atoms with Crippen molar-refractivity contribution >= 4 is 34.0 Å². The first kappa shape index (κ1) is 41.1. The SMILES string of the molecule is COCCN1C(=N)C(C2NC3=CC=CCC3(C)N2)=C(O)C1c1cc(OC)cc(OCc2ccc3nc(C4=C(O)C(c5ccccc5)N(c5cc(OC)cc(OC)c5)C4=N)[nH]c3c2)c1. The number of methoxy groups -OCH3 is 4. The standard InChI is InChI=1S/C48H50N8O7/c1-48-16-10-9-13-37(48)53-47(54-48)38-42(57)40(55(44(38)49)17-18-59-2)29-20-31(60-3)25-34(21-29)63-26-27-14-15-35-36(19-27)52-46(51-35)39-43(58)41(28-11-7-6-8-12-28)56(45(39)50)30-22-32(61-4)24-33(23-30)62-5/h6-15,19-25,40-41,47,49-50,53-54,57-58H,16-18,26H2,1-5H3,(H,51,52). The van der Waals surface area contributed by atoms with Gasteiger partial charge in [0.2, 0.25) is 0 Å². The molecule has 1 aromatic heterocycles. The summed E-state index contributed by atoms with van der Waals surface area (Å²) in [7, 11) is 6.33. The molecule has 0 saturated carbocycles. The number of nitrogens with one attached hydrogen (secondary N) is 5. The fraction of sp³-hybridized carbons (Fsp3) is 0.271. The Hall–Kier alpha value is -7.23. The molecule has 4 heterocycles. The Bertz CT molecular complexity index is 2720. The van der Waals surface area contributed by atoms with Crippen LogP contribution in [0.1, 0.15) is 47.9 Å². The summed E-state index contributed by atoms with van der Waals surface area (Å²) in [6.45, 7) is 3.02.